The lowest BCUT2D eigenvalue weighted by Crippen LogP contribution is -2.05. The summed E-state index contributed by atoms with van der Waals surface area (Å²) >= 11 is 0. The highest BCUT2D eigenvalue weighted by Gasteiger charge is 2.00. The smallest absolute Gasteiger partial charge is 0.165 e. The number of halogens is 1. The van der Waals surface area contributed by atoms with Gasteiger partial charge < -0.3 is 9.47 Å². The average molecular weight is 246 g/mol. The number of para-hydroxylation sites is 2. The molecule has 94 valence electrons. The Morgan fingerprint density at radius 3 is 2.22 bits per heavy atom. The summed E-state index contributed by atoms with van der Waals surface area (Å²) in [5.41, 5.74) is 0. The second-order valence-electron chi connectivity index (χ2n) is 3.79. The number of hydrogen-bond acceptors (Lipinski definition) is 2. The molecule has 3 heteroatoms. The van der Waals surface area contributed by atoms with Crippen molar-refractivity contribution in [3.05, 3.63) is 60.4 Å². The zero-order valence-electron chi connectivity index (χ0n) is 10.0. The lowest BCUT2D eigenvalue weighted by atomic mass is 10.3. The van der Waals surface area contributed by atoms with Gasteiger partial charge in [-0.15, -0.1) is 0 Å². The highest BCUT2D eigenvalue weighted by molar-refractivity contribution is 5.23. The molecule has 0 N–H and O–H groups in total. The molecule has 0 unspecified atom stereocenters. The molecule has 0 aliphatic heterocycles. The Balaban J connectivity index is 1.66. The van der Waals surface area contributed by atoms with Crippen LogP contribution in [0.2, 0.25) is 0 Å². The summed E-state index contributed by atoms with van der Waals surface area (Å²) in [6, 6.07) is 16.0. The van der Waals surface area contributed by atoms with E-state index in [9.17, 15) is 4.39 Å². The van der Waals surface area contributed by atoms with Crippen LogP contribution < -0.4 is 9.47 Å². The molecule has 2 rings (SSSR count). The van der Waals surface area contributed by atoms with Crippen molar-refractivity contribution in [2.24, 2.45) is 0 Å². The van der Waals surface area contributed by atoms with Crippen molar-refractivity contribution in [3.8, 4) is 11.5 Å². The van der Waals surface area contributed by atoms with Gasteiger partial charge in [-0.3, -0.25) is 0 Å². The van der Waals surface area contributed by atoms with Gasteiger partial charge in [-0.25, -0.2) is 4.39 Å². The molecule has 18 heavy (non-hydrogen) atoms. The van der Waals surface area contributed by atoms with Crippen LogP contribution in [0.1, 0.15) is 6.42 Å². The van der Waals surface area contributed by atoms with Crippen LogP contribution in [0.3, 0.4) is 0 Å². The van der Waals surface area contributed by atoms with Gasteiger partial charge in [-0.2, -0.15) is 0 Å². The minimum atomic E-state index is -0.332. The quantitative estimate of drug-likeness (QED) is 0.724. The molecule has 0 fully saturated rings. The molecule has 0 spiro atoms. The Kier molecular flexibility index (Phi) is 4.59. The monoisotopic (exact) mass is 246 g/mol. The zero-order valence-corrected chi connectivity index (χ0v) is 10.0. The van der Waals surface area contributed by atoms with E-state index < -0.39 is 0 Å². The molecule has 0 bridgehead atoms. The normalized spacial score (nSPS) is 10.1. The van der Waals surface area contributed by atoms with Crippen molar-refractivity contribution in [2.45, 2.75) is 6.42 Å². The van der Waals surface area contributed by atoms with E-state index in [1.165, 1.54) is 6.07 Å². The third-order valence-electron chi connectivity index (χ3n) is 2.39. The van der Waals surface area contributed by atoms with E-state index in [1.54, 1.807) is 18.2 Å². The maximum Gasteiger partial charge on any atom is 0.165 e. The Bertz CT molecular complexity index is 471. The highest BCUT2D eigenvalue weighted by atomic mass is 19.1. The molecule has 2 aromatic rings. The van der Waals surface area contributed by atoms with Gasteiger partial charge >= 0.3 is 0 Å². The molecule has 0 saturated carbocycles. The van der Waals surface area contributed by atoms with Crippen LogP contribution in [0.25, 0.3) is 0 Å². The van der Waals surface area contributed by atoms with Crippen LogP contribution in [0.5, 0.6) is 11.5 Å². The topological polar surface area (TPSA) is 18.5 Å². The van der Waals surface area contributed by atoms with Crippen molar-refractivity contribution >= 4 is 0 Å². The molecule has 0 atom stereocenters. The van der Waals surface area contributed by atoms with Gasteiger partial charge in [0, 0.05) is 6.42 Å². The fourth-order valence-electron chi connectivity index (χ4n) is 1.51. The summed E-state index contributed by atoms with van der Waals surface area (Å²) in [7, 11) is 0. The van der Waals surface area contributed by atoms with Crippen molar-refractivity contribution < 1.29 is 13.9 Å². The van der Waals surface area contributed by atoms with Crippen LogP contribution in [0.4, 0.5) is 4.39 Å². The average Bonchev–Trinajstić information content (AvgIpc) is 2.42. The molecular weight excluding hydrogens is 231 g/mol. The molecule has 0 aliphatic carbocycles. The Labute approximate surface area is 106 Å². The van der Waals surface area contributed by atoms with Gasteiger partial charge in [0.2, 0.25) is 0 Å². The summed E-state index contributed by atoms with van der Waals surface area (Å²) in [4.78, 5) is 0. The van der Waals surface area contributed by atoms with E-state index in [2.05, 4.69) is 0 Å². The summed E-state index contributed by atoms with van der Waals surface area (Å²) in [6.45, 7) is 0.992. The standard InChI is InChI=1S/C15H15FO2/c16-14-9-4-5-10-15(14)18-12-6-11-17-13-7-2-1-3-8-13/h1-5,7-10H,6,11-12H2. The fraction of sp³-hybridized carbons (Fsp3) is 0.200. The van der Waals surface area contributed by atoms with E-state index in [4.69, 9.17) is 9.47 Å². The molecule has 0 saturated heterocycles. The molecule has 0 aliphatic rings. The maximum absolute atomic E-state index is 13.2. The van der Waals surface area contributed by atoms with Crippen LogP contribution in [-0.2, 0) is 0 Å². The van der Waals surface area contributed by atoms with Gasteiger partial charge in [0.05, 0.1) is 13.2 Å². The number of hydrogen-bond donors (Lipinski definition) is 0. The first-order chi connectivity index (χ1) is 8.86. The molecule has 0 radical (unpaired) electrons. The fourth-order valence-corrected chi connectivity index (χ4v) is 1.51. The van der Waals surface area contributed by atoms with Crippen LogP contribution >= 0.6 is 0 Å². The minimum absolute atomic E-state index is 0.289. The first kappa shape index (κ1) is 12.4. The van der Waals surface area contributed by atoms with Crippen molar-refractivity contribution in [3.63, 3.8) is 0 Å². The summed E-state index contributed by atoms with van der Waals surface area (Å²) in [6.07, 6.45) is 0.712. The van der Waals surface area contributed by atoms with Crippen molar-refractivity contribution in [2.75, 3.05) is 13.2 Å². The van der Waals surface area contributed by atoms with Gasteiger partial charge in [0.15, 0.2) is 11.6 Å². The maximum atomic E-state index is 13.2. The van der Waals surface area contributed by atoms with E-state index in [1.807, 2.05) is 30.3 Å². The Morgan fingerprint density at radius 2 is 1.44 bits per heavy atom. The third kappa shape index (κ3) is 3.77. The molecule has 2 nitrogen and oxygen atoms in total. The van der Waals surface area contributed by atoms with Crippen LogP contribution in [0.15, 0.2) is 54.6 Å². The second kappa shape index (κ2) is 6.64. The third-order valence-corrected chi connectivity index (χ3v) is 2.39. The van der Waals surface area contributed by atoms with E-state index in [0.29, 0.717) is 19.6 Å². The lowest BCUT2D eigenvalue weighted by Gasteiger charge is -2.08. The molecule has 0 heterocycles. The van der Waals surface area contributed by atoms with E-state index >= 15 is 0 Å². The molecule has 2 aromatic carbocycles. The SMILES string of the molecule is Fc1ccccc1OCCCOc1ccccc1. The largest absolute Gasteiger partial charge is 0.493 e. The lowest BCUT2D eigenvalue weighted by molar-refractivity contribution is 0.241. The minimum Gasteiger partial charge on any atom is -0.493 e. The van der Waals surface area contributed by atoms with E-state index in [0.717, 1.165) is 5.75 Å². The molecular formula is C15H15FO2. The number of rotatable bonds is 6. The predicted molar refractivity (Wildman–Crippen MR) is 68.4 cm³/mol. The number of benzene rings is 2. The highest BCUT2D eigenvalue weighted by Crippen LogP contribution is 2.15. The van der Waals surface area contributed by atoms with Gasteiger partial charge in [-0.05, 0) is 24.3 Å². The van der Waals surface area contributed by atoms with Gasteiger partial charge in [0.1, 0.15) is 5.75 Å². The van der Waals surface area contributed by atoms with Crippen LogP contribution in [-0.4, -0.2) is 13.2 Å². The van der Waals surface area contributed by atoms with E-state index in [-0.39, 0.29) is 11.6 Å². The first-order valence-corrected chi connectivity index (χ1v) is 5.91. The summed E-state index contributed by atoms with van der Waals surface area (Å²) in [5, 5.41) is 0. The second-order valence-corrected chi connectivity index (χ2v) is 3.79. The molecule has 0 amide bonds. The van der Waals surface area contributed by atoms with Crippen LogP contribution in [0, 0.1) is 5.82 Å². The zero-order chi connectivity index (χ0) is 12.6. The summed E-state index contributed by atoms with van der Waals surface area (Å²) < 4.78 is 24.0. The molecule has 0 aromatic heterocycles. The Hall–Kier alpha value is -2.03. The summed E-state index contributed by atoms with van der Waals surface area (Å²) in [5.74, 6) is 0.794. The van der Waals surface area contributed by atoms with Crippen molar-refractivity contribution in [1.29, 1.82) is 0 Å². The number of ether oxygens (including phenoxy) is 2. The first-order valence-electron chi connectivity index (χ1n) is 5.91. The Morgan fingerprint density at radius 1 is 0.778 bits per heavy atom. The van der Waals surface area contributed by atoms with Gasteiger partial charge in [-0.1, -0.05) is 30.3 Å². The van der Waals surface area contributed by atoms with Crippen molar-refractivity contribution in [1.82, 2.24) is 0 Å². The van der Waals surface area contributed by atoms with Gasteiger partial charge in [0.25, 0.3) is 0 Å². The predicted octanol–water partition coefficient (Wildman–Crippen LogP) is 3.67.